The van der Waals surface area contributed by atoms with E-state index in [-0.39, 0.29) is 42.2 Å². The maximum Gasteiger partial charge on any atom is 0.253 e. The van der Waals surface area contributed by atoms with Gasteiger partial charge in [-0.3, -0.25) is 4.79 Å². The summed E-state index contributed by atoms with van der Waals surface area (Å²) in [6.07, 6.45) is 3.28. The van der Waals surface area contributed by atoms with Crippen LogP contribution >= 0.6 is 0 Å². The third-order valence-electron chi connectivity index (χ3n) is 5.87. The van der Waals surface area contributed by atoms with Gasteiger partial charge in [0.2, 0.25) is 10.0 Å². The zero-order chi connectivity index (χ0) is 24.2. The molecule has 1 N–H and O–H groups in total. The van der Waals surface area contributed by atoms with Gasteiger partial charge in [0.25, 0.3) is 5.91 Å². The van der Waals surface area contributed by atoms with Gasteiger partial charge in [0, 0.05) is 31.1 Å². The normalized spacial score (nSPS) is 21.5. The van der Waals surface area contributed by atoms with Crippen molar-refractivity contribution in [2.45, 2.75) is 37.8 Å². The van der Waals surface area contributed by atoms with Crippen molar-refractivity contribution in [2.75, 3.05) is 26.7 Å². The molecule has 0 saturated heterocycles. The van der Waals surface area contributed by atoms with Gasteiger partial charge in [-0.25, -0.2) is 8.42 Å². The molecule has 3 rings (SSSR count). The fourth-order valence-electron chi connectivity index (χ4n) is 3.91. The van der Waals surface area contributed by atoms with E-state index in [0.29, 0.717) is 5.56 Å². The van der Waals surface area contributed by atoms with Crippen molar-refractivity contribution in [3.8, 4) is 5.75 Å². The molecule has 178 valence electrons. The summed E-state index contributed by atoms with van der Waals surface area (Å²) in [5.41, 5.74) is 1.39. The number of hydrogen-bond acceptors (Lipinski definition) is 5. The molecule has 1 heterocycles. The number of amides is 1. The largest absolute Gasteiger partial charge is 0.487 e. The number of carbonyl (C=O) groups is 1. The lowest BCUT2D eigenvalue weighted by Crippen LogP contribution is -2.50. The van der Waals surface area contributed by atoms with Crippen LogP contribution in [0.2, 0.25) is 0 Å². The van der Waals surface area contributed by atoms with Gasteiger partial charge >= 0.3 is 0 Å². The molecule has 1 aliphatic rings. The molecule has 0 fully saturated rings. The number of hydrogen-bond donors (Lipinski definition) is 1. The van der Waals surface area contributed by atoms with E-state index >= 15 is 0 Å². The molecule has 2 aromatic rings. The van der Waals surface area contributed by atoms with Crippen molar-refractivity contribution in [1.82, 2.24) is 9.21 Å². The molecule has 0 aliphatic carbocycles. The summed E-state index contributed by atoms with van der Waals surface area (Å²) in [4.78, 5) is 14.6. The molecule has 0 saturated carbocycles. The predicted octanol–water partition coefficient (Wildman–Crippen LogP) is 3.26. The molecule has 7 nitrogen and oxygen atoms in total. The summed E-state index contributed by atoms with van der Waals surface area (Å²) in [7, 11) is -2.17. The molecule has 0 bridgehead atoms. The lowest BCUT2D eigenvalue weighted by molar-refractivity contribution is 0.0563. The Morgan fingerprint density at radius 1 is 1.27 bits per heavy atom. The van der Waals surface area contributed by atoms with E-state index < -0.39 is 22.2 Å². The van der Waals surface area contributed by atoms with E-state index in [0.717, 1.165) is 5.56 Å². The molecule has 8 heteroatoms. The number of likely N-dealkylation sites (N-methyl/N-ethyl adjacent to an activating group) is 1. The molecule has 0 unspecified atom stereocenters. The summed E-state index contributed by atoms with van der Waals surface area (Å²) in [6.45, 7) is 5.62. The van der Waals surface area contributed by atoms with Gasteiger partial charge in [-0.15, -0.1) is 0 Å². The smallest absolute Gasteiger partial charge is 0.253 e. The SMILES string of the molecule is C/C=C/c1ccc2c(c1)O[C@H](CN(C)C(=O)c1ccccc1)[C@H](C)CN([C@H](C)CO)S2(=O)=O. The standard InChI is InChI=1S/C25H32N2O5S/c1-5-9-20-12-13-24-22(14-20)32-23(16-26(4)25(29)21-10-7-6-8-11-21)18(2)15-27(19(3)17-28)33(24,30)31/h5-14,18-19,23,28H,15-17H2,1-4H3/b9-5+/t18-,19-,23-/m1/s1. The molecule has 3 atom stereocenters. The number of fused-ring (bicyclic) bond motifs is 1. The van der Waals surface area contributed by atoms with Crippen LogP contribution in [0.5, 0.6) is 5.75 Å². The fraction of sp³-hybridized carbons (Fsp3) is 0.400. The molecule has 33 heavy (non-hydrogen) atoms. The summed E-state index contributed by atoms with van der Waals surface area (Å²) >= 11 is 0. The first-order valence-electron chi connectivity index (χ1n) is 11.1. The number of aliphatic hydroxyl groups is 1. The van der Waals surface area contributed by atoms with Crippen molar-refractivity contribution in [2.24, 2.45) is 5.92 Å². The lowest BCUT2D eigenvalue weighted by atomic mass is 10.0. The Morgan fingerprint density at radius 2 is 1.97 bits per heavy atom. The molecule has 2 aromatic carbocycles. The molecular weight excluding hydrogens is 440 g/mol. The Balaban J connectivity index is 2.01. The van der Waals surface area contributed by atoms with Gasteiger partial charge in [-0.05, 0) is 43.7 Å². The predicted molar refractivity (Wildman–Crippen MR) is 129 cm³/mol. The zero-order valence-electron chi connectivity index (χ0n) is 19.5. The van der Waals surface area contributed by atoms with Crippen LogP contribution in [-0.4, -0.2) is 67.5 Å². The Hall–Kier alpha value is -2.68. The Kier molecular flexibility index (Phi) is 7.94. The number of benzene rings is 2. The van der Waals surface area contributed by atoms with Crippen molar-refractivity contribution in [3.05, 3.63) is 65.7 Å². The third-order valence-corrected chi connectivity index (χ3v) is 7.89. The summed E-state index contributed by atoms with van der Waals surface area (Å²) in [5, 5.41) is 9.74. The van der Waals surface area contributed by atoms with Crippen molar-refractivity contribution in [1.29, 1.82) is 0 Å². The second-order valence-electron chi connectivity index (χ2n) is 8.50. The molecule has 1 amide bonds. The van der Waals surface area contributed by atoms with E-state index in [1.807, 2.05) is 44.2 Å². The number of aliphatic hydroxyl groups excluding tert-OH is 1. The Labute approximate surface area is 196 Å². The van der Waals surface area contributed by atoms with E-state index in [9.17, 15) is 18.3 Å². The molecule has 0 spiro atoms. The highest BCUT2D eigenvalue weighted by Crippen LogP contribution is 2.34. The van der Waals surface area contributed by atoms with Crippen molar-refractivity contribution < 1.29 is 23.1 Å². The minimum absolute atomic E-state index is 0.0602. The van der Waals surface area contributed by atoms with Gasteiger partial charge in [-0.2, -0.15) is 4.31 Å². The van der Waals surface area contributed by atoms with Crippen LogP contribution in [0.25, 0.3) is 6.08 Å². The van der Waals surface area contributed by atoms with Crippen molar-refractivity contribution in [3.63, 3.8) is 0 Å². The number of rotatable bonds is 6. The first kappa shape index (κ1) is 25.0. The monoisotopic (exact) mass is 472 g/mol. The van der Waals surface area contributed by atoms with Gasteiger partial charge in [0.15, 0.2) is 0 Å². The van der Waals surface area contributed by atoms with Gasteiger partial charge in [0.05, 0.1) is 13.2 Å². The number of carbonyl (C=O) groups excluding carboxylic acids is 1. The average Bonchev–Trinajstić information content (AvgIpc) is 2.81. The maximum absolute atomic E-state index is 13.5. The second-order valence-corrected chi connectivity index (χ2v) is 10.4. The average molecular weight is 473 g/mol. The Bertz CT molecular complexity index is 1100. The first-order chi connectivity index (χ1) is 15.7. The van der Waals surface area contributed by atoms with Crippen LogP contribution in [-0.2, 0) is 10.0 Å². The number of sulfonamides is 1. The lowest BCUT2D eigenvalue weighted by Gasteiger charge is -2.37. The molecule has 0 radical (unpaired) electrons. The summed E-state index contributed by atoms with van der Waals surface area (Å²) in [5.74, 6) is -0.124. The number of ether oxygens (including phenoxy) is 1. The molecule has 1 aliphatic heterocycles. The van der Waals surface area contributed by atoms with E-state index in [2.05, 4.69) is 0 Å². The highest BCUT2D eigenvalue weighted by Gasteiger charge is 2.38. The van der Waals surface area contributed by atoms with Crippen LogP contribution in [0.3, 0.4) is 0 Å². The van der Waals surface area contributed by atoms with Gasteiger partial charge < -0.3 is 14.7 Å². The van der Waals surface area contributed by atoms with Crippen LogP contribution in [0.15, 0.2) is 59.5 Å². The van der Waals surface area contributed by atoms with Crippen LogP contribution in [0, 0.1) is 5.92 Å². The highest BCUT2D eigenvalue weighted by molar-refractivity contribution is 7.89. The first-order valence-corrected chi connectivity index (χ1v) is 12.5. The highest BCUT2D eigenvalue weighted by atomic mass is 32.2. The molecule has 0 aromatic heterocycles. The number of allylic oxidation sites excluding steroid dienone is 1. The summed E-state index contributed by atoms with van der Waals surface area (Å²) in [6, 6.07) is 13.4. The van der Waals surface area contributed by atoms with E-state index in [1.165, 1.54) is 4.31 Å². The van der Waals surface area contributed by atoms with E-state index in [1.54, 1.807) is 49.2 Å². The maximum atomic E-state index is 13.5. The quantitative estimate of drug-likeness (QED) is 0.697. The number of nitrogens with zero attached hydrogens (tertiary/aromatic N) is 2. The van der Waals surface area contributed by atoms with Gasteiger partial charge in [-0.1, -0.05) is 43.3 Å². The third kappa shape index (κ3) is 5.46. The second kappa shape index (κ2) is 10.5. The molecular formula is C25H32N2O5S. The topological polar surface area (TPSA) is 87.2 Å². The zero-order valence-corrected chi connectivity index (χ0v) is 20.3. The minimum Gasteiger partial charge on any atom is -0.487 e. The van der Waals surface area contributed by atoms with Crippen molar-refractivity contribution >= 4 is 22.0 Å². The minimum atomic E-state index is -3.89. The Morgan fingerprint density at radius 3 is 2.61 bits per heavy atom. The van der Waals surface area contributed by atoms with Crippen LogP contribution in [0.4, 0.5) is 0 Å². The van der Waals surface area contributed by atoms with E-state index in [4.69, 9.17) is 4.74 Å². The van der Waals surface area contributed by atoms with Crippen LogP contribution in [0.1, 0.15) is 36.7 Å². The van der Waals surface area contributed by atoms with Gasteiger partial charge in [0.1, 0.15) is 16.7 Å². The van der Waals surface area contributed by atoms with Crippen LogP contribution < -0.4 is 4.74 Å². The fourth-order valence-corrected chi connectivity index (χ4v) is 5.74. The summed E-state index contributed by atoms with van der Waals surface area (Å²) < 4.78 is 34.6.